The average Bonchev–Trinajstić information content (AvgIpc) is 2.89. The molecule has 1 saturated carbocycles. The maximum atomic E-state index is 12.9. The SMILES string of the molecule is O=C(CN1CCCC2CCCC21)c1ccc(F)cc1. The molecule has 2 atom stereocenters. The molecule has 1 aliphatic heterocycles. The zero-order valence-corrected chi connectivity index (χ0v) is 11.1. The van der Waals surface area contributed by atoms with E-state index in [-0.39, 0.29) is 11.6 Å². The van der Waals surface area contributed by atoms with Gasteiger partial charge in [-0.3, -0.25) is 9.69 Å². The van der Waals surface area contributed by atoms with Crippen molar-refractivity contribution in [2.24, 2.45) is 5.92 Å². The van der Waals surface area contributed by atoms with Gasteiger partial charge in [0, 0.05) is 11.6 Å². The van der Waals surface area contributed by atoms with Crippen molar-refractivity contribution in [2.75, 3.05) is 13.1 Å². The first-order valence-electron chi connectivity index (χ1n) is 7.27. The number of fused-ring (bicyclic) bond motifs is 1. The van der Waals surface area contributed by atoms with Crippen LogP contribution in [0.25, 0.3) is 0 Å². The van der Waals surface area contributed by atoms with Gasteiger partial charge in [-0.05, 0) is 62.4 Å². The van der Waals surface area contributed by atoms with Crippen LogP contribution in [0.3, 0.4) is 0 Å². The lowest BCUT2D eigenvalue weighted by Gasteiger charge is -2.37. The fourth-order valence-electron chi connectivity index (χ4n) is 3.66. The smallest absolute Gasteiger partial charge is 0.176 e. The Morgan fingerprint density at radius 3 is 2.68 bits per heavy atom. The molecule has 1 aliphatic carbocycles. The van der Waals surface area contributed by atoms with E-state index in [1.165, 1.54) is 44.2 Å². The summed E-state index contributed by atoms with van der Waals surface area (Å²) in [5.41, 5.74) is 0.626. The van der Waals surface area contributed by atoms with E-state index < -0.39 is 0 Å². The van der Waals surface area contributed by atoms with Crippen molar-refractivity contribution in [3.63, 3.8) is 0 Å². The van der Waals surface area contributed by atoms with Crippen LogP contribution in [0.5, 0.6) is 0 Å². The van der Waals surface area contributed by atoms with Gasteiger partial charge in [-0.2, -0.15) is 0 Å². The van der Waals surface area contributed by atoms with Crippen molar-refractivity contribution in [2.45, 2.75) is 38.1 Å². The third kappa shape index (κ3) is 2.71. The van der Waals surface area contributed by atoms with E-state index in [1.807, 2.05) is 0 Å². The van der Waals surface area contributed by atoms with Crippen LogP contribution < -0.4 is 0 Å². The fourth-order valence-corrected chi connectivity index (χ4v) is 3.66. The molecular formula is C16H20FNO. The number of likely N-dealkylation sites (tertiary alicyclic amines) is 1. The topological polar surface area (TPSA) is 20.3 Å². The molecule has 3 rings (SSSR count). The van der Waals surface area contributed by atoms with Crippen LogP contribution in [0.1, 0.15) is 42.5 Å². The summed E-state index contributed by atoms with van der Waals surface area (Å²) in [5, 5.41) is 0. The number of nitrogens with zero attached hydrogens (tertiary/aromatic N) is 1. The van der Waals surface area contributed by atoms with Gasteiger partial charge in [-0.15, -0.1) is 0 Å². The number of carbonyl (C=O) groups excluding carboxylic acids is 1. The van der Waals surface area contributed by atoms with Gasteiger partial charge in [0.05, 0.1) is 6.54 Å². The van der Waals surface area contributed by atoms with Gasteiger partial charge < -0.3 is 0 Å². The molecule has 102 valence electrons. The number of piperidine rings is 1. The number of hydrogen-bond donors (Lipinski definition) is 0. The minimum absolute atomic E-state index is 0.118. The molecule has 3 heteroatoms. The van der Waals surface area contributed by atoms with Crippen LogP contribution in [0.2, 0.25) is 0 Å². The molecule has 0 amide bonds. The second-order valence-electron chi connectivity index (χ2n) is 5.80. The third-order valence-corrected chi connectivity index (χ3v) is 4.62. The summed E-state index contributed by atoms with van der Waals surface area (Å²) in [5.74, 6) is 0.632. The standard InChI is InChI=1S/C16H20FNO/c17-14-8-6-13(7-9-14)16(19)11-18-10-2-4-12-3-1-5-15(12)18/h6-9,12,15H,1-5,10-11H2. The van der Waals surface area contributed by atoms with Gasteiger partial charge in [0.1, 0.15) is 5.82 Å². The highest BCUT2D eigenvalue weighted by Crippen LogP contribution is 2.36. The van der Waals surface area contributed by atoms with Gasteiger partial charge in [-0.25, -0.2) is 4.39 Å². The lowest BCUT2D eigenvalue weighted by Crippen LogP contribution is -2.45. The summed E-state index contributed by atoms with van der Waals surface area (Å²) in [6.07, 6.45) is 6.40. The van der Waals surface area contributed by atoms with Gasteiger partial charge in [0.25, 0.3) is 0 Å². The molecule has 2 nitrogen and oxygen atoms in total. The molecule has 19 heavy (non-hydrogen) atoms. The molecule has 0 N–H and O–H groups in total. The van der Waals surface area contributed by atoms with Crippen LogP contribution >= 0.6 is 0 Å². The second kappa shape index (κ2) is 5.41. The Morgan fingerprint density at radius 1 is 1.16 bits per heavy atom. The highest BCUT2D eigenvalue weighted by atomic mass is 19.1. The predicted octanol–water partition coefficient (Wildman–Crippen LogP) is 3.27. The van der Waals surface area contributed by atoms with Crippen molar-refractivity contribution in [1.82, 2.24) is 4.90 Å². The minimum Gasteiger partial charge on any atom is -0.293 e. The highest BCUT2D eigenvalue weighted by molar-refractivity contribution is 5.97. The summed E-state index contributed by atoms with van der Waals surface area (Å²) in [7, 11) is 0. The van der Waals surface area contributed by atoms with E-state index in [0.29, 0.717) is 18.2 Å². The monoisotopic (exact) mass is 261 g/mol. The molecule has 1 saturated heterocycles. The number of ketones is 1. The van der Waals surface area contributed by atoms with Crippen LogP contribution in [0.15, 0.2) is 24.3 Å². The summed E-state index contributed by atoms with van der Waals surface area (Å²) in [6, 6.07) is 6.52. The number of Topliss-reactive ketones (excluding diaryl/α,β-unsaturated/α-hetero) is 1. The van der Waals surface area contributed by atoms with Gasteiger partial charge in [-0.1, -0.05) is 6.42 Å². The third-order valence-electron chi connectivity index (χ3n) is 4.62. The summed E-state index contributed by atoms with van der Waals surface area (Å²) in [6.45, 7) is 1.53. The Balaban J connectivity index is 1.67. The number of rotatable bonds is 3. The summed E-state index contributed by atoms with van der Waals surface area (Å²) >= 11 is 0. The molecule has 2 fully saturated rings. The first-order valence-corrected chi connectivity index (χ1v) is 7.27. The van der Waals surface area contributed by atoms with Crippen molar-refractivity contribution in [1.29, 1.82) is 0 Å². The van der Waals surface area contributed by atoms with Crippen molar-refractivity contribution in [3.05, 3.63) is 35.6 Å². The predicted molar refractivity (Wildman–Crippen MR) is 72.7 cm³/mol. The number of carbonyl (C=O) groups is 1. The fraction of sp³-hybridized carbons (Fsp3) is 0.562. The van der Waals surface area contributed by atoms with E-state index >= 15 is 0 Å². The summed E-state index contributed by atoms with van der Waals surface area (Å²) in [4.78, 5) is 14.6. The largest absolute Gasteiger partial charge is 0.293 e. The molecule has 2 aliphatic rings. The zero-order chi connectivity index (χ0) is 13.2. The van der Waals surface area contributed by atoms with E-state index in [0.717, 1.165) is 12.5 Å². The van der Waals surface area contributed by atoms with Crippen LogP contribution in [0, 0.1) is 11.7 Å². The molecule has 1 aromatic carbocycles. The maximum absolute atomic E-state index is 12.9. The van der Waals surface area contributed by atoms with Crippen molar-refractivity contribution in [3.8, 4) is 0 Å². The number of hydrogen-bond acceptors (Lipinski definition) is 2. The normalized spacial score (nSPS) is 27.2. The molecule has 0 radical (unpaired) electrons. The lowest BCUT2D eigenvalue weighted by atomic mass is 9.91. The second-order valence-corrected chi connectivity index (χ2v) is 5.80. The van der Waals surface area contributed by atoms with Gasteiger partial charge >= 0.3 is 0 Å². The van der Waals surface area contributed by atoms with Crippen LogP contribution in [0.4, 0.5) is 4.39 Å². The molecule has 1 heterocycles. The Bertz CT molecular complexity index is 456. The van der Waals surface area contributed by atoms with E-state index in [9.17, 15) is 9.18 Å². The molecule has 0 bridgehead atoms. The Hall–Kier alpha value is -1.22. The van der Waals surface area contributed by atoms with E-state index in [4.69, 9.17) is 0 Å². The molecule has 0 aromatic heterocycles. The average molecular weight is 261 g/mol. The number of halogens is 1. The Labute approximate surface area is 113 Å². The zero-order valence-electron chi connectivity index (χ0n) is 11.1. The summed E-state index contributed by atoms with van der Waals surface area (Å²) < 4.78 is 12.9. The molecule has 1 aromatic rings. The van der Waals surface area contributed by atoms with E-state index in [2.05, 4.69) is 4.90 Å². The Morgan fingerprint density at radius 2 is 1.89 bits per heavy atom. The quantitative estimate of drug-likeness (QED) is 0.778. The van der Waals surface area contributed by atoms with Crippen molar-refractivity contribution >= 4 is 5.78 Å². The van der Waals surface area contributed by atoms with E-state index in [1.54, 1.807) is 12.1 Å². The Kier molecular flexibility index (Phi) is 3.65. The molecule has 2 unspecified atom stereocenters. The van der Waals surface area contributed by atoms with Crippen LogP contribution in [-0.4, -0.2) is 29.8 Å². The van der Waals surface area contributed by atoms with Gasteiger partial charge in [0.15, 0.2) is 5.78 Å². The first-order chi connectivity index (χ1) is 9.24. The van der Waals surface area contributed by atoms with Crippen molar-refractivity contribution < 1.29 is 9.18 Å². The van der Waals surface area contributed by atoms with Gasteiger partial charge in [0.2, 0.25) is 0 Å². The highest BCUT2D eigenvalue weighted by Gasteiger charge is 2.35. The first kappa shape index (κ1) is 12.8. The number of benzene rings is 1. The minimum atomic E-state index is -0.287. The molecular weight excluding hydrogens is 241 g/mol. The van der Waals surface area contributed by atoms with Crippen LogP contribution in [-0.2, 0) is 0 Å². The maximum Gasteiger partial charge on any atom is 0.176 e. The lowest BCUT2D eigenvalue weighted by molar-refractivity contribution is 0.0777. The molecule has 0 spiro atoms.